The van der Waals surface area contributed by atoms with E-state index in [1.54, 1.807) is 0 Å². The fourth-order valence-electron chi connectivity index (χ4n) is 1.78. The Kier molecular flexibility index (Phi) is 6.46. The first-order valence-electron chi connectivity index (χ1n) is 5.26. The van der Waals surface area contributed by atoms with E-state index in [9.17, 15) is 5.11 Å². The van der Waals surface area contributed by atoms with Crippen LogP contribution in [0.25, 0.3) is 0 Å². The predicted molar refractivity (Wildman–Crippen MR) is 63.6 cm³/mol. The van der Waals surface area contributed by atoms with Gasteiger partial charge in [-0.3, -0.25) is 9.11 Å². The highest BCUT2D eigenvalue weighted by molar-refractivity contribution is 7.79. The topological polar surface area (TPSA) is 101 Å². The number of rotatable bonds is 3. The molecule has 1 atom stereocenters. The van der Waals surface area contributed by atoms with Crippen LogP contribution in [0.4, 0.5) is 0 Å². The van der Waals surface area contributed by atoms with Gasteiger partial charge in [0.2, 0.25) is 0 Å². The lowest BCUT2D eigenvalue weighted by Gasteiger charge is -2.30. The van der Waals surface area contributed by atoms with Crippen molar-refractivity contribution in [3.05, 3.63) is 11.9 Å². The van der Waals surface area contributed by atoms with Gasteiger partial charge < -0.3 is 14.9 Å². The van der Waals surface area contributed by atoms with Crippen molar-refractivity contribution in [2.75, 3.05) is 19.7 Å². The van der Waals surface area contributed by atoms with Crippen molar-refractivity contribution in [1.29, 1.82) is 0 Å². The minimum Gasteiger partial charge on any atom is -0.392 e. The van der Waals surface area contributed by atoms with Crippen LogP contribution in [-0.2, 0) is 10.4 Å². The van der Waals surface area contributed by atoms with Gasteiger partial charge in [0.1, 0.15) is 6.17 Å². The molecule has 0 aliphatic carbocycles. The Balaban J connectivity index is 0.000000437. The van der Waals surface area contributed by atoms with Crippen LogP contribution in [0.2, 0.25) is 0 Å². The zero-order valence-electron chi connectivity index (χ0n) is 10.2. The molecule has 1 aliphatic heterocycles. The number of aliphatic hydroxyl groups is 1. The zero-order valence-corrected chi connectivity index (χ0v) is 11.1. The molecule has 102 valence electrons. The highest BCUT2D eigenvalue weighted by Gasteiger charge is 2.26. The van der Waals surface area contributed by atoms with Crippen LogP contribution in [0.1, 0.15) is 20.8 Å². The van der Waals surface area contributed by atoms with Gasteiger partial charge in [-0.25, -0.2) is 0 Å². The standard InChI is InChI=1S/C9H18N2O.H2O4S/c1-4-10-6-8(3)11(5-2)9(10)7-12;1-5(2,3)4/h6,9,12H,4-5,7H2,1-3H3;(H2,1,2,3,4). The quantitative estimate of drug-likeness (QED) is 0.627. The normalized spacial score (nSPS) is 19.9. The number of aliphatic hydroxyl groups excluding tert-OH is 1. The molecule has 0 aromatic rings. The maximum atomic E-state index is 9.17. The fraction of sp³-hybridized carbons (Fsp3) is 0.778. The van der Waals surface area contributed by atoms with E-state index in [4.69, 9.17) is 17.5 Å². The van der Waals surface area contributed by atoms with Gasteiger partial charge in [0.05, 0.1) is 6.61 Å². The molecule has 0 aromatic carbocycles. The number of likely N-dealkylation sites (N-methyl/N-ethyl adjacent to an activating group) is 2. The van der Waals surface area contributed by atoms with Crippen LogP contribution in [0.5, 0.6) is 0 Å². The molecular formula is C9H20N2O5S. The van der Waals surface area contributed by atoms with Gasteiger partial charge in [0.15, 0.2) is 0 Å². The lowest BCUT2D eigenvalue weighted by atomic mass is 10.4. The summed E-state index contributed by atoms with van der Waals surface area (Å²) in [5, 5.41) is 9.17. The molecule has 7 nitrogen and oxygen atoms in total. The van der Waals surface area contributed by atoms with Crippen molar-refractivity contribution in [3.63, 3.8) is 0 Å². The lowest BCUT2D eigenvalue weighted by molar-refractivity contribution is 0.0836. The number of hydrogen-bond acceptors (Lipinski definition) is 5. The van der Waals surface area contributed by atoms with Crippen LogP contribution < -0.4 is 0 Å². The van der Waals surface area contributed by atoms with Crippen molar-refractivity contribution in [2.24, 2.45) is 0 Å². The van der Waals surface area contributed by atoms with Crippen molar-refractivity contribution in [2.45, 2.75) is 26.9 Å². The smallest absolute Gasteiger partial charge is 0.392 e. The summed E-state index contributed by atoms with van der Waals surface area (Å²) >= 11 is 0. The summed E-state index contributed by atoms with van der Waals surface area (Å²) in [6.07, 6.45) is 2.28. The maximum Gasteiger partial charge on any atom is 0.394 e. The molecule has 0 fully saturated rings. The Bertz CT molecular complexity index is 346. The van der Waals surface area contributed by atoms with E-state index < -0.39 is 10.4 Å². The largest absolute Gasteiger partial charge is 0.394 e. The molecule has 1 unspecified atom stereocenters. The summed E-state index contributed by atoms with van der Waals surface area (Å²) in [4.78, 5) is 4.38. The minimum absolute atomic E-state index is 0.167. The van der Waals surface area contributed by atoms with Gasteiger partial charge in [-0.05, 0) is 20.8 Å². The average Bonchev–Trinajstić information content (AvgIpc) is 2.51. The van der Waals surface area contributed by atoms with Crippen LogP contribution >= 0.6 is 0 Å². The molecule has 0 spiro atoms. The highest BCUT2D eigenvalue weighted by Crippen LogP contribution is 2.20. The van der Waals surface area contributed by atoms with E-state index in [0.717, 1.165) is 13.1 Å². The van der Waals surface area contributed by atoms with Crippen LogP contribution in [0, 0.1) is 0 Å². The van der Waals surface area contributed by atoms with E-state index in [-0.39, 0.29) is 12.8 Å². The second-order valence-corrected chi connectivity index (χ2v) is 4.39. The summed E-state index contributed by atoms with van der Waals surface area (Å²) < 4.78 is 31.6. The van der Waals surface area contributed by atoms with Gasteiger partial charge in [0.25, 0.3) is 0 Å². The van der Waals surface area contributed by atoms with E-state index in [0.29, 0.717) is 0 Å². The third-order valence-corrected chi connectivity index (χ3v) is 2.42. The monoisotopic (exact) mass is 268 g/mol. The SMILES string of the molecule is CCN1C=C(C)N(CC)C1CO.O=S(=O)(O)O. The molecule has 0 saturated heterocycles. The molecule has 0 bridgehead atoms. The molecule has 1 aliphatic rings. The second-order valence-electron chi connectivity index (χ2n) is 3.50. The first kappa shape index (κ1) is 16.2. The maximum absolute atomic E-state index is 9.17. The summed E-state index contributed by atoms with van der Waals surface area (Å²) in [6, 6.07) is 0. The van der Waals surface area contributed by atoms with Gasteiger partial charge in [-0.15, -0.1) is 0 Å². The van der Waals surface area contributed by atoms with Gasteiger partial charge >= 0.3 is 10.4 Å². The van der Waals surface area contributed by atoms with E-state index in [2.05, 4.69) is 36.8 Å². The number of hydrogen-bond donors (Lipinski definition) is 3. The van der Waals surface area contributed by atoms with E-state index in [1.165, 1.54) is 5.70 Å². The Hall–Kier alpha value is -0.830. The number of nitrogens with zero attached hydrogens (tertiary/aromatic N) is 2. The predicted octanol–water partition coefficient (Wildman–Crippen LogP) is 0.171. The van der Waals surface area contributed by atoms with Crippen molar-refractivity contribution in [1.82, 2.24) is 9.80 Å². The fourth-order valence-corrected chi connectivity index (χ4v) is 1.78. The van der Waals surface area contributed by atoms with Crippen LogP contribution in [0.15, 0.2) is 11.9 Å². The van der Waals surface area contributed by atoms with Crippen molar-refractivity contribution in [3.8, 4) is 0 Å². The van der Waals surface area contributed by atoms with Crippen LogP contribution in [-0.4, -0.2) is 58.3 Å². The molecule has 17 heavy (non-hydrogen) atoms. The second kappa shape index (κ2) is 6.80. The van der Waals surface area contributed by atoms with Gasteiger partial charge in [-0.1, -0.05) is 0 Å². The third-order valence-electron chi connectivity index (χ3n) is 2.42. The summed E-state index contributed by atoms with van der Waals surface area (Å²) in [5.74, 6) is 0. The molecular weight excluding hydrogens is 248 g/mol. The average molecular weight is 268 g/mol. The van der Waals surface area contributed by atoms with Crippen molar-refractivity contribution >= 4 is 10.4 Å². The summed E-state index contributed by atoms with van der Waals surface area (Å²) in [5.41, 5.74) is 1.25. The molecule has 1 heterocycles. The minimum atomic E-state index is -4.67. The first-order chi connectivity index (χ1) is 7.74. The van der Waals surface area contributed by atoms with Crippen molar-refractivity contribution < 1.29 is 22.6 Å². The first-order valence-corrected chi connectivity index (χ1v) is 6.65. The Morgan fingerprint density at radius 3 is 2.06 bits per heavy atom. The highest BCUT2D eigenvalue weighted by atomic mass is 32.3. The summed E-state index contributed by atoms with van der Waals surface area (Å²) in [7, 11) is -4.67. The molecule has 0 radical (unpaired) electrons. The Morgan fingerprint density at radius 2 is 1.76 bits per heavy atom. The molecule has 0 saturated carbocycles. The summed E-state index contributed by atoms with van der Waals surface area (Å²) in [6.45, 7) is 8.42. The molecule has 0 aromatic heterocycles. The van der Waals surface area contributed by atoms with Gasteiger partial charge in [-0.2, -0.15) is 8.42 Å². The van der Waals surface area contributed by atoms with Gasteiger partial charge in [0, 0.05) is 25.0 Å². The Labute approximate surface area is 102 Å². The molecule has 1 rings (SSSR count). The number of allylic oxidation sites excluding steroid dienone is 1. The van der Waals surface area contributed by atoms with E-state index >= 15 is 0 Å². The Morgan fingerprint density at radius 1 is 1.29 bits per heavy atom. The third kappa shape index (κ3) is 5.87. The lowest BCUT2D eigenvalue weighted by Crippen LogP contribution is -2.42. The molecule has 3 N–H and O–H groups in total. The molecule has 0 amide bonds. The van der Waals surface area contributed by atoms with E-state index in [1.807, 2.05) is 0 Å². The zero-order chi connectivity index (χ0) is 13.6. The van der Waals surface area contributed by atoms with Crippen LogP contribution in [0.3, 0.4) is 0 Å². The molecule has 8 heteroatoms.